The monoisotopic (exact) mass is 488 g/mol. The third-order valence-corrected chi connectivity index (χ3v) is 11.8. The highest BCUT2D eigenvalue weighted by molar-refractivity contribution is 5.70. The van der Waals surface area contributed by atoms with Gasteiger partial charge in [0.05, 0.1) is 0 Å². The van der Waals surface area contributed by atoms with Crippen molar-refractivity contribution in [1.82, 2.24) is 0 Å². The highest BCUT2D eigenvalue weighted by Gasteiger charge is 2.61. The Morgan fingerprint density at radius 3 is 0.974 bits per heavy atom. The summed E-state index contributed by atoms with van der Waals surface area (Å²) in [6.45, 7) is 0. The van der Waals surface area contributed by atoms with Crippen molar-refractivity contribution in [1.29, 1.82) is 0 Å². The van der Waals surface area contributed by atoms with E-state index in [0.29, 0.717) is 35.5 Å². The molecule has 184 valence electrons. The van der Waals surface area contributed by atoms with E-state index < -0.39 is 0 Å². The summed E-state index contributed by atoms with van der Waals surface area (Å²) in [5, 5.41) is 0. The molecule has 0 radical (unpaired) electrons. The summed E-state index contributed by atoms with van der Waals surface area (Å²) < 4.78 is 0. The van der Waals surface area contributed by atoms with E-state index in [1.807, 2.05) is 11.1 Å². The maximum Gasteiger partial charge on any atom is 0.0311 e. The van der Waals surface area contributed by atoms with Crippen LogP contribution in [-0.4, -0.2) is 0 Å². The topological polar surface area (TPSA) is 0 Å². The van der Waals surface area contributed by atoms with E-state index >= 15 is 0 Å². The first-order valence-corrected chi connectivity index (χ1v) is 15.0. The molecule has 4 aromatic rings. The lowest BCUT2D eigenvalue weighted by atomic mass is 9.41. The van der Waals surface area contributed by atoms with Gasteiger partial charge in [-0.15, -0.1) is 0 Å². The fourth-order valence-electron chi connectivity index (χ4n) is 10.8. The van der Waals surface area contributed by atoms with E-state index in [0.717, 1.165) is 11.8 Å². The van der Waals surface area contributed by atoms with Crippen LogP contribution in [0.2, 0.25) is 0 Å². The van der Waals surface area contributed by atoms with Crippen molar-refractivity contribution in [3.8, 4) is 0 Å². The van der Waals surface area contributed by atoms with Crippen LogP contribution in [0.5, 0.6) is 0 Å². The second-order valence-corrected chi connectivity index (χ2v) is 12.9. The maximum atomic E-state index is 2.48. The molecule has 0 spiro atoms. The highest BCUT2D eigenvalue weighted by Crippen LogP contribution is 2.72. The molecular formula is C38H32. The van der Waals surface area contributed by atoms with Crippen LogP contribution in [0, 0.1) is 23.7 Å². The number of allylic oxidation sites excluding steroid dienone is 2. The van der Waals surface area contributed by atoms with Gasteiger partial charge in [-0.25, -0.2) is 0 Å². The van der Waals surface area contributed by atoms with Gasteiger partial charge >= 0.3 is 0 Å². The highest BCUT2D eigenvalue weighted by atomic mass is 14.6. The molecule has 0 heteroatoms. The first-order chi connectivity index (χ1) is 18.9. The second-order valence-electron chi connectivity index (χ2n) is 12.9. The number of rotatable bonds is 0. The lowest BCUT2D eigenvalue weighted by Gasteiger charge is -2.62. The Morgan fingerprint density at radius 2 is 0.658 bits per heavy atom. The van der Waals surface area contributed by atoms with Crippen LogP contribution < -0.4 is 0 Å². The zero-order valence-electron chi connectivity index (χ0n) is 21.7. The zero-order valence-corrected chi connectivity index (χ0v) is 21.7. The van der Waals surface area contributed by atoms with E-state index in [-0.39, 0.29) is 0 Å². The Morgan fingerprint density at radius 1 is 0.368 bits per heavy atom. The van der Waals surface area contributed by atoms with Crippen LogP contribution >= 0.6 is 0 Å². The summed E-state index contributed by atoms with van der Waals surface area (Å²) in [6, 6.07) is 38.2. The molecule has 0 amide bonds. The molecule has 4 bridgehead atoms. The van der Waals surface area contributed by atoms with Gasteiger partial charge in [-0.1, -0.05) is 121 Å². The SMILES string of the molecule is c1ccc2c(c1)C1C3=C4C5c6ccccc6C(c6ccccc65)[C@H]4[C@@H]4CCCC[C@H]4[C@H]3C2c2ccccc21. The van der Waals surface area contributed by atoms with Crippen LogP contribution in [-0.2, 0) is 0 Å². The number of hydrogen-bond donors (Lipinski definition) is 0. The summed E-state index contributed by atoms with van der Waals surface area (Å²) in [7, 11) is 0. The molecule has 0 aromatic heterocycles. The molecule has 0 unspecified atom stereocenters. The Labute approximate surface area is 225 Å². The fraction of sp³-hybridized carbons (Fsp3) is 0.316. The summed E-state index contributed by atoms with van der Waals surface area (Å²) in [5.74, 6) is 4.84. The van der Waals surface area contributed by atoms with Crippen molar-refractivity contribution in [2.24, 2.45) is 23.7 Å². The standard InChI is InChI=1S/C38H32/c1-5-15-25-21(11-1)31-22-12-2-6-16-26(22)33(25)37-35(31)29-19-9-10-20-30(29)36-32-23-13-3-7-17-27(23)34(38(36)37)28-18-8-4-14-24(28)32/h1-8,11-18,29-36H,9-10,19-20H2/t29-,30-,31?,32?,33?,34?,35-,36+/m1/s1. The number of benzene rings is 4. The van der Waals surface area contributed by atoms with Crippen molar-refractivity contribution in [2.45, 2.75) is 49.4 Å². The van der Waals surface area contributed by atoms with Crippen molar-refractivity contribution in [3.05, 3.63) is 153 Å². The summed E-state index contributed by atoms with van der Waals surface area (Å²) in [4.78, 5) is 0. The van der Waals surface area contributed by atoms with Crippen LogP contribution in [0.4, 0.5) is 0 Å². The molecule has 1 fully saturated rings. The molecule has 4 aromatic carbocycles. The first-order valence-electron chi connectivity index (χ1n) is 15.0. The molecule has 1 saturated carbocycles. The van der Waals surface area contributed by atoms with Crippen LogP contribution in [0.3, 0.4) is 0 Å². The summed E-state index contributed by atoms with van der Waals surface area (Å²) >= 11 is 0. The van der Waals surface area contributed by atoms with E-state index in [4.69, 9.17) is 0 Å². The molecule has 4 atom stereocenters. The Kier molecular flexibility index (Phi) is 3.88. The van der Waals surface area contributed by atoms with Gasteiger partial charge in [0.2, 0.25) is 0 Å². The van der Waals surface area contributed by atoms with Crippen LogP contribution in [0.1, 0.15) is 93.9 Å². The summed E-state index contributed by atoms with van der Waals surface area (Å²) in [5.41, 5.74) is 16.7. The quantitative estimate of drug-likeness (QED) is 0.217. The second kappa shape index (κ2) is 7.17. The Balaban J connectivity index is 1.36. The van der Waals surface area contributed by atoms with E-state index in [2.05, 4.69) is 97.1 Å². The fourth-order valence-corrected chi connectivity index (χ4v) is 10.8. The van der Waals surface area contributed by atoms with E-state index in [1.165, 1.54) is 25.7 Å². The smallest absolute Gasteiger partial charge is 0.0311 e. The molecule has 38 heavy (non-hydrogen) atoms. The van der Waals surface area contributed by atoms with Gasteiger partial charge in [-0.05, 0) is 81.0 Å². The third kappa shape index (κ3) is 2.28. The lowest BCUT2D eigenvalue weighted by Crippen LogP contribution is -2.52. The molecule has 0 aliphatic heterocycles. The Bertz CT molecular complexity index is 1470. The minimum Gasteiger partial charge on any atom is -0.0620 e. The van der Waals surface area contributed by atoms with Gasteiger partial charge < -0.3 is 0 Å². The molecule has 0 heterocycles. The number of fused-ring (bicyclic) bond motifs is 1. The van der Waals surface area contributed by atoms with Gasteiger partial charge in [-0.3, -0.25) is 0 Å². The van der Waals surface area contributed by atoms with E-state index in [9.17, 15) is 0 Å². The van der Waals surface area contributed by atoms with Crippen molar-refractivity contribution < 1.29 is 0 Å². The normalized spacial score (nSPS) is 34.3. The molecular weight excluding hydrogens is 456 g/mol. The molecule has 8 aliphatic rings. The van der Waals surface area contributed by atoms with Crippen molar-refractivity contribution >= 4 is 0 Å². The van der Waals surface area contributed by atoms with E-state index in [1.54, 1.807) is 44.5 Å². The largest absolute Gasteiger partial charge is 0.0620 e. The molecule has 0 nitrogen and oxygen atoms in total. The van der Waals surface area contributed by atoms with Gasteiger partial charge in [0.15, 0.2) is 0 Å². The minimum atomic E-state index is 0.427. The number of hydrogen-bond acceptors (Lipinski definition) is 0. The predicted molar refractivity (Wildman–Crippen MR) is 153 cm³/mol. The Hall–Kier alpha value is -3.38. The maximum absolute atomic E-state index is 2.48. The van der Waals surface area contributed by atoms with Crippen molar-refractivity contribution in [2.75, 3.05) is 0 Å². The van der Waals surface area contributed by atoms with Gasteiger partial charge in [0, 0.05) is 23.7 Å². The van der Waals surface area contributed by atoms with Gasteiger partial charge in [-0.2, -0.15) is 0 Å². The van der Waals surface area contributed by atoms with Crippen LogP contribution in [0.25, 0.3) is 0 Å². The first kappa shape index (κ1) is 20.6. The third-order valence-electron chi connectivity index (χ3n) is 11.8. The average molecular weight is 489 g/mol. The lowest BCUT2D eigenvalue weighted by molar-refractivity contribution is 0.0815. The molecule has 0 N–H and O–H groups in total. The predicted octanol–water partition coefficient (Wildman–Crippen LogP) is 8.92. The summed E-state index contributed by atoms with van der Waals surface area (Å²) in [6.07, 6.45) is 5.65. The van der Waals surface area contributed by atoms with Gasteiger partial charge in [0.1, 0.15) is 0 Å². The van der Waals surface area contributed by atoms with Gasteiger partial charge in [0.25, 0.3) is 0 Å². The zero-order chi connectivity index (χ0) is 24.5. The van der Waals surface area contributed by atoms with Crippen LogP contribution in [0.15, 0.2) is 108 Å². The van der Waals surface area contributed by atoms with Crippen molar-refractivity contribution in [3.63, 3.8) is 0 Å². The molecule has 8 aliphatic carbocycles. The average Bonchev–Trinajstić information content (AvgIpc) is 3.00. The molecule has 0 saturated heterocycles. The molecule has 12 rings (SSSR count). The minimum absolute atomic E-state index is 0.427.